The van der Waals surface area contributed by atoms with Crippen LogP contribution < -0.4 is 5.73 Å². The van der Waals surface area contributed by atoms with Crippen LogP contribution in [0.15, 0.2) is 29.2 Å². The van der Waals surface area contributed by atoms with Crippen LogP contribution in [-0.4, -0.2) is 31.7 Å². The molecule has 1 fully saturated rings. The Balaban J connectivity index is 2.10. The van der Waals surface area contributed by atoms with E-state index in [0.717, 1.165) is 18.4 Å². The first-order valence-electron chi connectivity index (χ1n) is 7.33. The van der Waals surface area contributed by atoms with E-state index in [0.29, 0.717) is 30.8 Å². The van der Waals surface area contributed by atoms with E-state index in [1.165, 1.54) is 4.31 Å². The van der Waals surface area contributed by atoms with Gasteiger partial charge in [0.15, 0.2) is 0 Å². The van der Waals surface area contributed by atoms with Crippen molar-refractivity contribution in [2.24, 2.45) is 11.7 Å². The Morgan fingerprint density at radius 1 is 1.24 bits per heavy atom. The van der Waals surface area contributed by atoms with Gasteiger partial charge in [0.25, 0.3) is 0 Å². The summed E-state index contributed by atoms with van der Waals surface area (Å²) >= 11 is 0. The number of carbonyl (C=O) groups excluding carboxylic acids is 1. The number of carbonyl (C=O) groups is 1. The molecule has 0 atom stereocenters. The monoisotopic (exact) mass is 310 g/mol. The third kappa shape index (κ3) is 3.63. The van der Waals surface area contributed by atoms with Gasteiger partial charge >= 0.3 is 0 Å². The molecule has 1 saturated heterocycles. The van der Waals surface area contributed by atoms with E-state index in [4.69, 9.17) is 5.73 Å². The van der Waals surface area contributed by atoms with Crippen LogP contribution in [0.5, 0.6) is 0 Å². The Kier molecular flexibility index (Phi) is 5.00. The maximum atomic E-state index is 12.5. The average molecular weight is 310 g/mol. The van der Waals surface area contributed by atoms with Gasteiger partial charge in [-0.05, 0) is 37.0 Å². The summed E-state index contributed by atoms with van der Waals surface area (Å²) in [7, 11) is -3.46. The summed E-state index contributed by atoms with van der Waals surface area (Å²) in [5, 5.41) is 0. The van der Waals surface area contributed by atoms with Crippen molar-refractivity contribution >= 4 is 15.9 Å². The molecule has 1 heterocycles. The van der Waals surface area contributed by atoms with Crippen molar-refractivity contribution in [3.8, 4) is 0 Å². The predicted octanol–water partition coefficient (Wildman–Crippen LogP) is 1.53. The quantitative estimate of drug-likeness (QED) is 0.895. The molecule has 2 rings (SSSR count). The molecule has 2 N–H and O–H groups in total. The minimum Gasteiger partial charge on any atom is -0.369 e. The lowest BCUT2D eigenvalue weighted by atomic mass is 9.98. The van der Waals surface area contributed by atoms with Crippen LogP contribution in [-0.2, 0) is 21.2 Å². The van der Waals surface area contributed by atoms with E-state index in [2.05, 4.69) is 6.92 Å². The molecule has 21 heavy (non-hydrogen) atoms. The van der Waals surface area contributed by atoms with Crippen molar-refractivity contribution in [3.05, 3.63) is 29.8 Å². The minimum absolute atomic E-state index is 0.205. The molecule has 1 aromatic rings. The lowest BCUT2D eigenvalue weighted by Crippen LogP contribution is -2.41. The van der Waals surface area contributed by atoms with Crippen molar-refractivity contribution in [1.29, 1.82) is 0 Å². The van der Waals surface area contributed by atoms with Crippen molar-refractivity contribution in [2.45, 2.75) is 37.5 Å². The summed E-state index contributed by atoms with van der Waals surface area (Å²) in [4.78, 5) is 11.5. The summed E-state index contributed by atoms with van der Waals surface area (Å²) < 4.78 is 26.5. The van der Waals surface area contributed by atoms with Crippen LogP contribution in [0.4, 0.5) is 0 Å². The Bertz CT molecular complexity index is 588. The number of hydrogen-bond donors (Lipinski definition) is 1. The molecule has 0 bridgehead atoms. The third-order valence-electron chi connectivity index (χ3n) is 3.96. The highest BCUT2D eigenvalue weighted by Crippen LogP contribution is 2.24. The van der Waals surface area contributed by atoms with Gasteiger partial charge in [-0.1, -0.05) is 25.5 Å². The minimum atomic E-state index is -3.46. The normalized spacial score (nSPS) is 17.8. The van der Waals surface area contributed by atoms with Crippen molar-refractivity contribution in [2.75, 3.05) is 13.1 Å². The smallest absolute Gasteiger partial charge is 0.243 e. The van der Waals surface area contributed by atoms with Gasteiger partial charge in [0.05, 0.1) is 4.90 Å². The van der Waals surface area contributed by atoms with Gasteiger partial charge in [0.2, 0.25) is 15.9 Å². The number of nitrogens with two attached hydrogens (primary N) is 1. The maximum absolute atomic E-state index is 12.5. The van der Waals surface area contributed by atoms with Crippen LogP contribution in [0.25, 0.3) is 0 Å². The van der Waals surface area contributed by atoms with E-state index >= 15 is 0 Å². The van der Waals surface area contributed by atoms with Crippen LogP contribution >= 0.6 is 0 Å². The molecule has 0 aliphatic carbocycles. The van der Waals surface area contributed by atoms with Gasteiger partial charge in [0, 0.05) is 19.0 Å². The molecule has 5 nitrogen and oxygen atoms in total. The van der Waals surface area contributed by atoms with Gasteiger partial charge < -0.3 is 5.73 Å². The number of sulfonamides is 1. The first-order chi connectivity index (χ1) is 9.95. The lowest BCUT2D eigenvalue weighted by molar-refractivity contribution is -0.122. The van der Waals surface area contributed by atoms with Gasteiger partial charge in [-0.15, -0.1) is 0 Å². The molecule has 1 aromatic carbocycles. The summed E-state index contributed by atoms with van der Waals surface area (Å²) in [5.41, 5.74) is 6.41. The number of piperidine rings is 1. The fourth-order valence-corrected chi connectivity index (χ4v) is 4.12. The molecule has 0 aromatic heterocycles. The zero-order valence-corrected chi connectivity index (χ0v) is 13.1. The molecule has 0 spiro atoms. The van der Waals surface area contributed by atoms with E-state index in [1.807, 2.05) is 12.1 Å². The summed E-state index contributed by atoms with van der Waals surface area (Å²) in [6.07, 6.45) is 2.99. The second-order valence-corrected chi connectivity index (χ2v) is 7.41. The summed E-state index contributed by atoms with van der Waals surface area (Å²) in [6.45, 7) is 2.80. The molecule has 1 aliphatic heterocycles. The van der Waals surface area contributed by atoms with Gasteiger partial charge in [0.1, 0.15) is 0 Å². The molecule has 6 heteroatoms. The molecule has 1 aliphatic rings. The lowest BCUT2D eigenvalue weighted by Gasteiger charge is -2.29. The average Bonchev–Trinajstić information content (AvgIpc) is 2.48. The van der Waals surface area contributed by atoms with Crippen molar-refractivity contribution < 1.29 is 13.2 Å². The Labute approximate surface area is 126 Å². The fourth-order valence-electron chi connectivity index (χ4n) is 2.65. The molecule has 0 unspecified atom stereocenters. The standard InChI is InChI=1S/C15H22N2O3S/c1-2-3-12-4-6-14(7-5-12)21(19,20)17-10-8-13(9-11-17)15(16)18/h4-7,13H,2-3,8-11H2,1H3,(H2,16,18). The molecular formula is C15H22N2O3S. The molecule has 0 saturated carbocycles. The first kappa shape index (κ1) is 16.0. The number of rotatable bonds is 5. The largest absolute Gasteiger partial charge is 0.369 e. The molecule has 1 amide bonds. The highest BCUT2D eigenvalue weighted by atomic mass is 32.2. The van der Waals surface area contributed by atoms with E-state index in [-0.39, 0.29) is 11.8 Å². The predicted molar refractivity (Wildman–Crippen MR) is 81.1 cm³/mol. The van der Waals surface area contributed by atoms with Crippen molar-refractivity contribution in [3.63, 3.8) is 0 Å². The second-order valence-electron chi connectivity index (χ2n) is 5.47. The van der Waals surface area contributed by atoms with Gasteiger partial charge in [-0.25, -0.2) is 8.42 Å². The summed E-state index contributed by atoms with van der Waals surface area (Å²) in [5.74, 6) is -0.542. The Morgan fingerprint density at radius 3 is 2.29 bits per heavy atom. The topological polar surface area (TPSA) is 80.5 Å². The van der Waals surface area contributed by atoms with E-state index in [1.54, 1.807) is 12.1 Å². The number of primary amides is 1. The highest BCUT2D eigenvalue weighted by molar-refractivity contribution is 7.89. The van der Waals surface area contributed by atoms with Crippen LogP contribution in [0.2, 0.25) is 0 Å². The molecule has 0 radical (unpaired) electrons. The number of amides is 1. The van der Waals surface area contributed by atoms with E-state index in [9.17, 15) is 13.2 Å². The van der Waals surface area contributed by atoms with Gasteiger partial charge in [-0.3, -0.25) is 4.79 Å². The number of hydrogen-bond acceptors (Lipinski definition) is 3. The zero-order valence-electron chi connectivity index (χ0n) is 12.3. The maximum Gasteiger partial charge on any atom is 0.243 e. The fraction of sp³-hybridized carbons (Fsp3) is 0.533. The Morgan fingerprint density at radius 2 is 1.81 bits per heavy atom. The second kappa shape index (κ2) is 6.58. The third-order valence-corrected chi connectivity index (χ3v) is 5.87. The van der Waals surface area contributed by atoms with Crippen LogP contribution in [0.3, 0.4) is 0 Å². The van der Waals surface area contributed by atoms with Gasteiger partial charge in [-0.2, -0.15) is 4.31 Å². The number of aryl methyl sites for hydroxylation is 1. The van der Waals surface area contributed by atoms with E-state index < -0.39 is 10.0 Å². The first-order valence-corrected chi connectivity index (χ1v) is 8.77. The number of benzene rings is 1. The zero-order chi connectivity index (χ0) is 15.5. The summed E-state index contributed by atoms with van der Waals surface area (Å²) in [6, 6.07) is 7.07. The molecular weight excluding hydrogens is 288 g/mol. The Hall–Kier alpha value is -1.40. The SMILES string of the molecule is CCCc1ccc(S(=O)(=O)N2CCC(C(N)=O)CC2)cc1. The van der Waals surface area contributed by atoms with Crippen molar-refractivity contribution in [1.82, 2.24) is 4.31 Å². The van der Waals surface area contributed by atoms with Crippen LogP contribution in [0, 0.1) is 5.92 Å². The van der Waals surface area contributed by atoms with Crippen LogP contribution in [0.1, 0.15) is 31.7 Å². The number of nitrogens with zero attached hydrogens (tertiary/aromatic N) is 1. The molecule has 116 valence electrons. The highest BCUT2D eigenvalue weighted by Gasteiger charge is 2.31.